The first-order chi connectivity index (χ1) is 14.8. The fourth-order valence-electron chi connectivity index (χ4n) is 2.43. The van der Waals surface area contributed by atoms with Gasteiger partial charge in [-0.1, -0.05) is 121 Å². The Bertz CT molecular complexity index is 351. The third kappa shape index (κ3) is 31.8. The number of hydrogen-bond donors (Lipinski definition) is 0. The Labute approximate surface area is 220 Å². The SMILES string of the molecule is CCC[N-]C([N-]C(C)(C)C)C(C)CC.CCC[N-]C([N-]C(C)(C)C)C(C)CC.[CH-]=O.[CH-]=O.[Ru+6]. The molecule has 4 atom stereocenters. The molecule has 0 spiro atoms. The first kappa shape index (κ1) is 42.9. The van der Waals surface area contributed by atoms with Gasteiger partial charge in [-0.05, 0) is 0 Å². The Hall–Kier alpha value is -0.197. The van der Waals surface area contributed by atoms with E-state index < -0.39 is 0 Å². The zero-order valence-electron chi connectivity index (χ0n) is 23.7. The largest absolute Gasteiger partial charge is 6.00 e. The van der Waals surface area contributed by atoms with Crippen LogP contribution < -0.4 is 0 Å². The van der Waals surface area contributed by atoms with Crippen LogP contribution >= 0.6 is 0 Å². The van der Waals surface area contributed by atoms with Crippen LogP contribution in [0.5, 0.6) is 0 Å². The number of nitrogens with zero attached hydrogens (tertiary/aromatic N) is 4. The summed E-state index contributed by atoms with van der Waals surface area (Å²) >= 11 is 0. The van der Waals surface area contributed by atoms with Crippen LogP contribution in [0.1, 0.15) is 109 Å². The normalized spacial score (nSPS) is 14.4. The molecule has 0 aliphatic rings. The van der Waals surface area contributed by atoms with Crippen LogP contribution in [0.4, 0.5) is 0 Å². The minimum atomic E-state index is 0. The first-order valence-corrected chi connectivity index (χ1v) is 12.1. The van der Waals surface area contributed by atoms with Gasteiger partial charge in [0.25, 0.3) is 0 Å². The van der Waals surface area contributed by atoms with Crippen molar-refractivity contribution < 1.29 is 29.1 Å². The summed E-state index contributed by atoms with van der Waals surface area (Å²) in [5.41, 5.74) is 0.0661. The van der Waals surface area contributed by atoms with Gasteiger partial charge in [0.15, 0.2) is 0 Å². The van der Waals surface area contributed by atoms with Crippen LogP contribution in [-0.4, -0.2) is 50.1 Å². The molecule has 0 rings (SSSR count). The molecule has 0 aliphatic carbocycles. The number of carbonyl (C=O) groups excluding carboxylic acids is 2. The summed E-state index contributed by atoms with van der Waals surface area (Å²) in [5.74, 6) is 1.14. The van der Waals surface area contributed by atoms with Crippen LogP contribution in [0.2, 0.25) is 0 Å². The molecule has 33 heavy (non-hydrogen) atoms. The smallest absolute Gasteiger partial charge is 0.678 e. The molecule has 0 aromatic rings. The van der Waals surface area contributed by atoms with E-state index in [-0.39, 0.29) is 42.9 Å². The van der Waals surface area contributed by atoms with Crippen molar-refractivity contribution in [2.24, 2.45) is 11.8 Å². The molecule has 0 aromatic carbocycles. The van der Waals surface area contributed by atoms with Crippen LogP contribution in [0.25, 0.3) is 21.3 Å². The summed E-state index contributed by atoms with van der Waals surface area (Å²) in [4.78, 5) is 15.5. The Morgan fingerprint density at radius 1 is 0.606 bits per heavy atom. The van der Waals surface area contributed by atoms with E-state index in [4.69, 9.17) is 20.2 Å². The van der Waals surface area contributed by atoms with Gasteiger partial charge >= 0.3 is 19.5 Å². The molecule has 0 radical (unpaired) electrons. The van der Waals surface area contributed by atoms with E-state index in [9.17, 15) is 0 Å². The second-order valence-electron chi connectivity index (χ2n) is 10.0. The van der Waals surface area contributed by atoms with Crippen molar-refractivity contribution in [2.45, 2.75) is 132 Å². The first-order valence-electron chi connectivity index (χ1n) is 12.1. The summed E-state index contributed by atoms with van der Waals surface area (Å²) in [6.07, 6.45) is 4.92. The predicted octanol–water partition coefficient (Wildman–Crippen LogP) is 8.08. The van der Waals surface area contributed by atoms with Crippen molar-refractivity contribution in [3.8, 4) is 0 Å². The van der Waals surface area contributed by atoms with Gasteiger partial charge in [0, 0.05) is 0 Å². The average molecular weight is 556 g/mol. The number of hydrogen-bond acceptors (Lipinski definition) is 2. The van der Waals surface area contributed by atoms with Crippen molar-refractivity contribution >= 4 is 13.6 Å². The molecule has 0 aromatic heterocycles. The Morgan fingerprint density at radius 2 is 0.848 bits per heavy atom. The van der Waals surface area contributed by atoms with Crippen LogP contribution in [0, 0.1) is 11.8 Å². The zero-order chi connectivity index (χ0) is 26.4. The molecule has 0 N–H and O–H groups in total. The molecular weight excluding hydrogens is 501 g/mol. The maximum atomic E-state index is 7.75. The minimum absolute atomic E-state index is 0. The van der Waals surface area contributed by atoms with Crippen molar-refractivity contribution in [1.82, 2.24) is 0 Å². The minimum Gasteiger partial charge on any atom is -0.678 e. The summed E-state index contributed by atoms with van der Waals surface area (Å²) in [6.45, 7) is 34.4. The second kappa shape index (κ2) is 26.4. The van der Waals surface area contributed by atoms with Crippen molar-refractivity contribution in [2.75, 3.05) is 13.1 Å². The van der Waals surface area contributed by atoms with Gasteiger partial charge in [-0.2, -0.15) is 13.1 Å². The van der Waals surface area contributed by atoms with Gasteiger partial charge < -0.3 is 30.9 Å². The van der Waals surface area contributed by atoms with Gasteiger partial charge in [-0.15, -0.1) is 11.1 Å². The van der Waals surface area contributed by atoms with E-state index in [2.05, 4.69) is 107 Å². The van der Waals surface area contributed by atoms with Gasteiger partial charge in [0.2, 0.25) is 0 Å². The summed E-state index contributed by atoms with van der Waals surface area (Å²) in [5, 5.41) is 18.8. The average Bonchev–Trinajstić information content (AvgIpc) is 2.74. The predicted molar refractivity (Wildman–Crippen MR) is 143 cm³/mol. The Morgan fingerprint density at radius 3 is 1.00 bits per heavy atom. The molecule has 0 heterocycles. The third-order valence-electron chi connectivity index (χ3n) is 4.42. The molecule has 0 saturated heterocycles. The molecular formula is C26H54N4O2Ru. The van der Waals surface area contributed by atoms with Crippen molar-refractivity contribution in [3.63, 3.8) is 0 Å². The number of rotatable bonds is 12. The molecule has 6 nitrogen and oxygen atoms in total. The fourth-order valence-corrected chi connectivity index (χ4v) is 2.43. The van der Waals surface area contributed by atoms with E-state index in [0.29, 0.717) is 11.8 Å². The van der Waals surface area contributed by atoms with E-state index >= 15 is 0 Å². The zero-order valence-corrected chi connectivity index (χ0v) is 25.4. The van der Waals surface area contributed by atoms with E-state index in [1.807, 2.05) is 0 Å². The maximum absolute atomic E-state index is 7.75. The van der Waals surface area contributed by atoms with Gasteiger partial charge in [0.1, 0.15) is 0 Å². The summed E-state index contributed by atoms with van der Waals surface area (Å²) in [7, 11) is 0. The second-order valence-corrected chi connectivity index (χ2v) is 10.0. The van der Waals surface area contributed by atoms with Gasteiger partial charge in [-0.25, -0.2) is 12.3 Å². The topological polar surface area (TPSA) is 90.5 Å². The van der Waals surface area contributed by atoms with E-state index in [0.717, 1.165) is 38.8 Å². The quantitative estimate of drug-likeness (QED) is 0.138. The summed E-state index contributed by atoms with van der Waals surface area (Å²) in [6, 6.07) is 0. The van der Waals surface area contributed by atoms with Gasteiger partial charge in [0.05, 0.1) is 0 Å². The van der Waals surface area contributed by atoms with Crippen molar-refractivity contribution in [3.05, 3.63) is 21.3 Å². The van der Waals surface area contributed by atoms with Crippen molar-refractivity contribution in [1.29, 1.82) is 0 Å². The molecule has 0 fully saturated rings. The molecule has 0 saturated carbocycles. The third-order valence-corrected chi connectivity index (χ3v) is 4.42. The molecule has 0 amide bonds. The summed E-state index contributed by atoms with van der Waals surface area (Å²) < 4.78 is 0. The van der Waals surface area contributed by atoms with Crippen LogP contribution in [-0.2, 0) is 29.1 Å². The van der Waals surface area contributed by atoms with Crippen LogP contribution in [0.3, 0.4) is 0 Å². The molecule has 0 bridgehead atoms. The molecule has 4 unspecified atom stereocenters. The molecule has 7 heteroatoms. The van der Waals surface area contributed by atoms with Gasteiger partial charge in [-0.3, -0.25) is 13.6 Å². The standard InChI is InChI=1S/2C12H26N2.2CHO.Ru/c2*1-7-9-13-11(10(3)8-2)14-12(4,5)6;2*1-2;/h2*10-11H,7-9H2,1-6H3;2*1H;/q2*-2;2*-1;+6. The monoisotopic (exact) mass is 556 g/mol. The van der Waals surface area contributed by atoms with E-state index in [1.54, 1.807) is 0 Å². The molecule has 198 valence electrons. The van der Waals surface area contributed by atoms with Crippen LogP contribution in [0.15, 0.2) is 0 Å². The molecule has 0 aliphatic heterocycles. The van der Waals surface area contributed by atoms with E-state index in [1.165, 1.54) is 0 Å². The fraction of sp³-hybridized carbons (Fsp3) is 0.923. The maximum Gasteiger partial charge on any atom is 6.00 e. The Balaban J connectivity index is -0.000000134. The Kier molecular flexibility index (Phi) is 34.3.